The lowest BCUT2D eigenvalue weighted by Gasteiger charge is -2.16. The minimum atomic E-state index is 0.0860. The lowest BCUT2D eigenvalue weighted by molar-refractivity contribution is 0.315. The summed E-state index contributed by atoms with van der Waals surface area (Å²) in [5.41, 5.74) is 26.8. The van der Waals surface area contributed by atoms with E-state index in [1.807, 2.05) is 25.2 Å². The number of hydrogen-bond donors (Lipinski definition) is 4. The number of rotatable bonds is 5. The van der Waals surface area contributed by atoms with Crippen molar-refractivity contribution < 1.29 is 0 Å². The van der Waals surface area contributed by atoms with E-state index in [4.69, 9.17) is 34.5 Å². The first-order valence-corrected chi connectivity index (χ1v) is 11.2. The molecule has 5 rings (SSSR count). The van der Waals surface area contributed by atoms with Crippen LogP contribution in [-0.4, -0.2) is 51.8 Å². The number of alkyl halides is 1. The smallest absolute Gasteiger partial charge is 0.224 e. The molecule has 0 unspecified atom stereocenters. The summed E-state index contributed by atoms with van der Waals surface area (Å²) in [6.07, 6.45) is 3.22. The van der Waals surface area contributed by atoms with Crippen molar-refractivity contribution in [3.63, 3.8) is 0 Å². The largest absolute Gasteiger partial charge is 0.382 e. The van der Waals surface area contributed by atoms with Crippen LogP contribution in [0.15, 0.2) is 42.7 Å². The monoisotopic (exact) mass is 505 g/mol. The maximum absolute atomic E-state index is 5.83. The third kappa shape index (κ3) is 5.95. The van der Waals surface area contributed by atoms with Gasteiger partial charge in [0.25, 0.3) is 0 Å². The molecule has 36 heavy (non-hydrogen) atoms. The minimum absolute atomic E-state index is 0.0860. The molecule has 1 aromatic carbocycles. The van der Waals surface area contributed by atoms with Gasteiger partial charge in [-0.15, -0.1) is 11.6 Å². The van der Waals surface area contributed by atoms with Crippen LogP contribution in [0.25, 0.3) is 22.3 Å². The number of halogens is 1. The second-order valence-corrected chi connectivity index (χ2v) is 8.06. The molecule has 8 N–H and O–H groups in total. The third-order valence-corrected chi connectivity index (χ3v) is 5.14. The molecule has 4 heterocycles. The van der Waals surface area contributed by atoms with Crippen LogP contribution in [0.5, 0.6) is 0 Å². The van der Waals surface area contributed by atoms with E-state index in [0.29, 0.717) is 34.6 Å². The maximum atomic E-state index is 5.83. The number of benzene rings is 1. The van der Waals surface area contributed by atoms with E-state index < -0.39 is 0 Å². The Morgan fingerprint density at radius 3 is 1.78 bits per heavy atom. The van der Waals surface area contributed by atoms with Crippen molar-refractivity contribution in [2.75, 3.05) is 30.0 Å². The zero-order valence-electron chi connectivity index (χ0n) is 19.4. The molecular formula is C22H24ClN13. The first-order valence-electron chi connectivity index (χ1n) is 10.7. The highest BCUT2D eigenvalue weighted by Gasteiger charge is 2.10. The highest BCUT2D eigenvalue weighted by Crippen LogP contribution is 2.16. The maximum Gasteiger partial charge on any atom is 0.224 e. The average Bonchev–Trinajstić information content (AvgIpc) is 2.85. The van der Waals surface area contributed by atoms with Crippen LogP contribution in [0.3, 0.4) is 0 Å². The molecule has 5 aromatic rings. The number of hydrogen-bond acceptors (Lipinski definition) is 13. The summed E-state index contributed by atoms with van der Waals surface area (Å²) >= 11 is 5.60. The van der Waals surface area contributed by atoms with Crippen LogP contribution in [0, 0.1) is 0 Å². The second-order valence-electron chi connectivity index (χ2n) is 7.79. The number of aromatic nitrogens is 8. The quantitative estimate of drug-likeness (QED) is 0.250. The molecular weight excluding hydrogens is 482 g/mol. The van der Waals surface area contributed by atoms with Gasteiger partial charge in [0.2, 0.25) is 11.9 Å². The van der Waals surface area contributed by atoms with Crippen LogP contribution < -0.4 is 22.9 Å². The van der Waals surface area contributed by atoms with E-state index in [2.05, 4.69) is 56.9 Å². The molecule has 184 valence electrons. The van der Waals surface area contributed by atoms with Crippen molar-refractivity contribution in [2.24, 2.45) is 0 Å². The fourth-order valence-electron chi connectivity index (χ4n) is 3.33. The highest BCUT2D eigenvalue weighted by molar-refractivity contribution is 6.16. The summed E-state index contributed by atoms with van der Waals surface area (Å²) in [6.45, 7) is 1.48. The Morgan fingerprint density at radius 1 is 0.694 bits per heavy atom. The SMILES string of the molecule is CN(Cc1ccccc1)Cc1cnc2nc(N)nc(N)c2n1.Nc1nc(N)c2nc(CCl)cnc2n1. The average molecular weight is 506 g/mol. The van der Waals surface area contributed by atoms with Gasteiger partial charge in [0, 0.05) is 13.1 Å². The predicted octanol–water partition coefficient (Wildman–Crippen LogP) is 1.54. The Bertz CT molecular complexity index is 1500. The number of nitrogens with two attached hydrogens (primary N) is 4. The number of anilines is 4. The fourth-order valence-corrected chi connectivity index (χ4v) is 3.46. The molecule has 0 saturated carbocycles. The van der Waals surface area contributed by atoms with Gasteiger partial charge in [-0.2, -0.15) is 19.9 Å². The summed E-state index contributed by atoms with van der Waals surface area (Å²) in [7, 11) is 2.03. The first kappa shape index (κ1) is 24.6. The Kier molecular flexibility index (Phi) is 7.42. The van der Waals surface area contributed by atoms with E-state index in [9.17, 15) is 0 Å². The van der Waals surface area contributed by atoms with Crippen molar-refractivity contribution in [3.8, 4) is 0 Å². The molecule has 0 atom stereocenters. The molecule has 0 saturated heterocycles. The van der Waals surface area contributed by atoms with Gasteiger partial charge in [-0.3, -0.25) is 4.90 Å². The van der Waals surface area contributed by atoms with Crippen LogP contribution in [0.4, 0.5) is 23.5 Å². The zero-order chi connectivity index (χ0) is 25.7. The highest BCUT2D eigenvalue weighted by atomic mass is 35.5. The van der Waals surface area contributed by atoms with Crippen molar-refractivity contribution in [2.45, 2.75) is 19.0 Å². The van der Waals surface area contributed by atoms with E-state index in [1.54, 1.807) is 6.20 Å². The third-order valence-electron chi connectivity index (χ3n) is 4.87. The van der Waals surface area contributed by atoms with Crippen LogP contribution in [-0.2, 0) is 19.0 Å². The Labute approximate surface area is 211 Å². The summed E-state index contributed by atoms with van der Waals surface area (Å²) in [6, 6.07) is 10.3. The van der Waals surface area contributed by atoms with Crippen molar-refractivity contribution in [1.82, 2.24) is 44.8 Å². The topological polar surface area (TPSA) is 210 Å². The molecule has 0 bridgehead atoms. The van der Waals surface area contributed by atoms with Gasteiger partial charge in [0.05, 0.1) is 29.7 Å². The molecule has 13 nitrogen and oxygen atoms in total. The Balaban J connectivity index is 0.000000187. The molecule has 0 aliphatic rings. The second kappa shape index (κ2) is 10.8. The fraction of sp³-hybridized carbons (Fsp3) is 0.182. The lowest BCUT2D eigenvalue weighted by atomic mass is 10.2. The van der Waals surface area contributed by atoms with Gasteiger partial charge >= 0.3 is 0 Å². The van der Waals surface area contributed by atoms with Crippen LogP contribution >= 0.6 is 11.6 Å². The molecule has 4 aromatic heterocycles. The summed E-state index contributed by atoms with van der Waals surface area (Å²) in [5, 5.41) is 0. The van der Waals surface area contributed by atoms with Gasteiger partial charge < -0.3 is 22.9 Å². The number of nitrogen functional groups attached to an aromatic ring is 4. The summed E-state index contributed by atoms with van der Waals surface area (Å²) in [4.78, 5) is 34.7. The normalized spacial score (nSPS) is 11.0. The summed E-state index contributed by atoms with van der Waals surface area (Å²) in [5.74, 6) is 0.929. The zero-order valence-corrected chi connectivity index (χ0v) is 20.1. The minimum Gasteiger partial charge on any atom is -0.382 e. The van der Waals surface area contributed by atoms with E-state index in [-0.39, 0.29) is 29.4 Å². The van der Waals surface area contributed by atoms with Gasteiger partial charge in [0.1, 0.15) is 0 Å². The molecule has 0 aliphatic heterocycles. The molecule has 14 heteroatoms. The lowest BCUT2D eigenvalue weighted by Crippen LogP contribution is -2.18. The van der Waals surface area contributed by atoms with Crippen molar-refractivity contribution in [1.29, 1.82) is 0 Å². The van der Waals surface area contributed by atoms with E-state index in [0.717, 1.165) is 12.2 Å². The number of fused-ring (bicyclic) bond motifs is 2. The van der Waals surface area contributed by atoms with Gasteiger partial charge in [0.15, 0.2) is 34.0 Å². The molecule has 0 fully saturated rings. The van der Waals surface area contributed by atoms with Crippen LogP contribution in [0.2, 0.25) is 0 Å². The van der Waals surface area contributed by atoms with Gasteiger partial charge in [-0.25, -0.2) is 19.9 Å². The summed E-state index contributed by atoms with van der Waals surface area (Å²) < 4.78 is 0. The Hall–Kier alpha value is -4.49. The number of nitrogens with zero attached hydrogens (tertiary/aromatic N) is 9. The molecule has 0 amide bonds. The predicted molar refractivity (Wildman–Crippen MR) is 139 cm³/mol. The Morgan fingerprint density at radius 2 is 1.22 bits per heavy atom. The molecule has 0 aliphatic carbocycles. The van der Waals surface area contributed by atoms with Crippen LogP contribution in [0.1, 0.15) is 17.0 Å². The molecule has 0 radical (unpaired) electrons. The van der Waals surface area contributed by atoms with Gasteiger partial charge in [-0.05, 0) is 12.6 Å². The van der Waals surface area contributed by atoms with Crippen molar-refractivity contribution in [3.05, 3.63) is 59.7 Å². The first-order chi connectivity index (χ1) is 17.3. The van der Waals surface area contributed by atoms with E-state index in [1.165, 1.54) is 11.8 Å². The standard InChI is InChI=1S/C15H17N7.C7H7ClN6/c1-22(8-10-5-3-2-4-6-10)9-11-7-18-14-12(19-11)13(16)20-15(17)21-14;8-1-3-2-11-6-4(12-3)5(9)13-7(10)14-6/h2-7H,8-9H2,1H3,(H4,16,17,18,20,21);2H,1H2,(H4,9,10,11,13,14). The van der Waals surface area contributed by atoms with E-state index >= 15 is 0 Å². The molecule has 0 spiro atoms. The van der Waals surface area contributed by atoms with Crippen molar-refractivity contribution >= 4 is 57.5 Å². The van der Waals surface area contributed by atoms with Gasteiger partial charge in [-0.1, -0.05) is 30.3 Å².